The number of nitrogens with zero attached hydrogens (tertiary/aromatic N) is 2. The van der Waals surface area contributed by atoms with Gasteiger partial charge in [0.25, 0.3) is 5.91 Å². The van der Waals surface area contributed by atoms with Gasteiger partial charge in [-0.1, -0.05) is 29.8 Å². The maximum absolute atomic E-state index is 12.4. The molecule has 0 radical (unpaired) electrons. The molecule has 0 aliphatic rings. The lowest BCUT2D eigenvalue weighted by atomic mass is 10.1. The minimum atomic E-state index is -0.214. The normalized spacial score (nSPS) is 10.3. The van der Waals surface area contributed by atoms with E-state index in [0.29, 0.717) is 10.6 Å². The molecule has 19 heavy (non-hydrogen) atoms. The number of para-hydroxylation sites is 1. The first-order valence-electron chi connectivity index (χ1n) is 5.75. The zero-order valence-electron chi connectivity index (χ0n) is 10.7. The summed E-state index contributed by atoms with van der Waals surface area (Å²) in [7, 11) is 1.71. The van der Waals surface area contributed by atoms with Crippen LogP contribution in [0.15, 0.2) is 36.5 Å². The van der Waals surface area contributed by atoms with E-state index in [0.717, 1.165) is 11.3 Å². The molecule has 0 spiro atoms. The molecule has 0 atom stereocenters. The molecule has 1 aromatic heterocycles. The molecular formula is C14H14ClN3O. The lowest BCUT2D eigenvalue weighted by Crippen LogP contribution is -2.27. The number of carbonyl (C=O) groups excluding carboxylic acids is 1. The smallest absolute Gasteiger partial charge is 0.259 e. The van der Waals surface area contributed by atoms with Crippen LogP contribution < -0.4 is 10.6 Å². The SMILES string of the molecule is Cc1ccccc1N(C)C(=O)c1cc(N)ncc1Cl. The van der Waals surface area contributed by atoms with Gasteiger partial charge in [0.1, 0.15) is 5.82 Å². The fourth-order valence-electron chi connectivity index (χ4n) is 1.85. The van der Waals surface area contributed by atoms with Crippen molar-refractivity contribution in [1.29, 1.82) is 0 Å². The van der Waals surface area contributed by atoms with Crippen molar-refractivity contribution in [3.63, 3.8) is 0 Å². The van der Waals surface area contributed by atoms with Gasteiger partial charge in [0.05, 0.1) is 10.6 Å². The van der Waals surface area contributed by atoms with Crippen molar-refractivity contribution in [2.75, 3.05) is 17.7 Å². The number of anilines is 2. The number of carbonyl (C=O) groups is 1. The van der Waals surface area contributed by atoms with Crippen molar-refractivity contribution in [3.8, 4) is 0 Å². The van der Waals surface area contributed by atoms with Crippen molar-refractivity contribution in [2.45, 2.75) is 6.92 Å². The molecule has 5 heteroatoms. The van der Waals surface area contributed by atoms with Crippen LogP contribution in [0.5, 0.6) is 0 Å². The van der Waals surface area contributed by atoms with E-state index in [1.54, 1.807) is 11.9 Å². The maximum Gasteiger partial charge on any atom is 0.259 e. The van der Waals surface area contributed by atoms with Gasteiger partial charge in [-0.15, -0.1) is 0 Å². The van der Waals surface area contributed by atoms with E-state index in [9.17, 15) is 4.79 Å². The van der Waals surface area contributed by atoms with Gasteiger partial charge in [-0.2, -0.15) is 0 Å². The number of aromatic nitrogens is 1. The quantitative estimate of drug-likeness (QED) is 0.917. The second-order valence-corrected chi connectivity index (χ2v) is 4.65. The number of pyridine rings is 1. The van der Waals surface area contributed by atoms with Crippen molar-refractivity contribution in [2.24, 2.45) is 0 Å². The van der Waals surface area contributed by atoms with Crippen molar-refractivity contribution in [1.82, 2.24) is 4.98 Å². The van der Waals surface area contributed by atoms with E-state index in [1.807, 2.05) is 31.2 Å². The Balaban J connectivity index is 2.39. The summed E-state index contributed by atoms with van der Waals surface area (Å²) in [4.78, 5) is 17.8. The summed E-state index contributed by atoms with van der Waals surface area (Å²) in [5.41, 5.74) is 7.78. The minimum Gasteiger partial charge on any atom is -0.384 e. The van der Waals surface area contributed by atoms with Gasteiger partial charge in [-0.3, -0.25) is 4.79 Å². The Hall–Kier alpha value is -2.07. The topological polar surface area (TPSA) is 59.2 Å². The monoisotopic (exact) mass is 275 g/mol. The summed E-state index contributed by atoms with van der Waals surface area (Å²) in [6.45, 7) is 1.95. The van der Waals surface area contributed by atoms with E-state index in [1.165, 1.54) is 12.3 Å². The highest BCUT2D eigenvalue weighted by atomic mass is 35.5. The Morgan fingerprint density at radius 1 is 1.37 bits per heavy atom. The second kappa shape index (κ2) is 5.28. The summed E-state index contributed by atoms with van der Waals surface area (Å²) < 4.78 is 0. The minimum absolute atomic E-state index is 0.214. The molecular weight excluding hydrogens is 262 g/mol. The summed E-state index contributed by atoms with van der Waals surface area (Å²) in [5, 5.41) is 0.291. The largest absolute Gasteiger partial charge is 0.384 e. The fourth-order valence-corrected chi connectivity index (χ4v) is 2.03. The van der Waals surface area contributed by atoms with Gasteiger partial charge in [0, 0.05) is 18.9 Å². The summed E-state index contributed by atoms with van der Waals surface area (Å²) in [6, 6.07) is 9.12. The lowest BCUT2D eigenvalue weighted by molar-refractivity contribution is 0.0993. The van der Waals surface area contributed by atoms with E-state index in [-0.39, 0.29) is 11.7 Å². The highest BCUT2D eigenvalue weighted by molar-refractivity contribution is 6.34. The number of hydrogen-bond acceptors (Lipinski definition) is 3. The molecule has 0 saturated carbocycles. The molecule has 98 valence electrons. The van der Waals surface area contributed by atoms with Gasteiger partial charge in [0.15, 0.2) is 0 Å². The second-order valence-electron chi connectivity index (χ2n) is 4.24. The number of nitrogens with two attached hydrogens (primary N) is 1. The third-order valence-corrected chi connectivity index (χ3v) is 3.19. The molecule has 0 aliphatic carbocycles. The van der Waals surface area contributed by atoms with Crippen LogP contribution in [0, 0.1) is 6.92 Å². The van der Waals surface area contributed by atoms with Crippen LogP contribution >= 0.6 is 11.6 Å². The van der Waals surface area contributed by atoms with E-state index in [4.69, 9.17) is 17.3 Å². The van der Waals surface area contributed by atoms with Crippen LogP contribution in [0.1, 0.15) is 15.9 Å². The number of halogens is 1. The predicted octanol–water partition coefficient (Wildman–Crippen LogP) is 2.90. The first-order chi connectivity index (χ1) is 9.00. The highest BCUT2D eigenvalue weighted by Crippen LogP contribution is 2.23. The third kappa shape index (κ3) is 2.69. The van der Waals surface area contributed by atoms with Crippen LogP contribution in [-0.4, -0.2) is 17.9 Å². The first-order valence-corrected chi connectivity index (χ1v) is 6.13. The third-order valence-electron chi connectivity index (χ3n) is 2.89. The number of aryl methyl sites for hydroxylation is 1. The molecule has 0 fully saturated rings. The van der Waals surface area contributed by atoms with Gasteiger partial charge < -0.3 is 10.6 Å². The molecule has 0 aliphatic heterocycles. The molecule has 0 unspecified atom stereocenters. The molecule has 0 saturated heterocycles. The van der Waals surface area contributed by atoms with Gasteiger partial charge in [-0.25, -0.2) is 4.98 Å². The van der Waals surface area contributed by atoms with Crippen LogP contribution in [0.2, 0.25) is 5.02 Å². The molecule has 0 bridgehead atoms. The van der Waals surface area contributed by atoms with Crippen LogP contribution in [-0.2, 0) is 0 Å². The average molecular weight is 276 g/mol. The molecule has 2 rings (SSSR count). The summed E-state index contributed by atoms with van der Waals surface area (Å²) in [6.07, 6.45) is 1.38. The Morgan fingerprint density at radius 3 is 2.74 bits per heavy atom. The van der Waals surface area contributed by atoms with Crippen LogP contribution in [0.3, 0.4) is 0 Å². The van der Waals surface area contributed by atoms with Crippen molar-refractivity contribution < 1.29 is 4.79 Å². The van der Waals surface area contributed by atoms with E-state index in [2.05, 4.69) is 4.98 Å². The standard InChI is InChI=1S/C14H14ClN3O/c1-9-5-3-4-6-12(9)18(2)14(19)10-7-13(16)17-8-11(10)15/h3-8H,1-2H3,(H2,16,17). The molecule has 1 heterocycles. The van der Waals surface area contributed by atoms with Crippen molar-refractivity contribution >= 4 is 29.0 Å². The summed E-state index contributed by atoms with van der Waals surface area (Å²) >= 11 is 6.00. The maximum atomic E-state index is 12.4. The van der Waals surface area contributed by atoms with Crippen LogP contribution in [0.25, 0.3) is 0 Å². The Labute approximate surface area is 116 Å². The zero-order chi connectivity index (χ0) is 14.0. The molecule has 2 aromatic rings. The Kier molecular flexibility index (Phi) is 3.71. The molecule has 2 N–H and O–H groups in total. The number of amides is 1. The first kappa shape index (κ1) is 13.4. The lowest BCUT2D eigenvalue weighted by Gasteiger charge is -2.20. The Morgan fingerprint density at radius 2 is 2.05 bits per heavy atom. The van der Waals surface area contributed by atoms with Gasteiger partial charge in [0.2, 0.25) is 0 Å². The number of rotatable bonds is 2. The molecule has 4 nitrogen and oxygen atoms in total. The van der Waals surface area contributed by atoms with Gasteiger partial charge >= 0.3 is 0 Å². The Bertz CT molecular complexity index is 628. The zero-order valence-corrected chi connectivity index (χ0v) is 11.5. The fraction of sp³-hybridized carbons (Fsp3) is 0.143. The summed E-state index contributed by atoms with van der Waals surface area (Å²) in [5.74, 6) is 0.0549. The van der Waals surface area contributed by atoms with Gasteiger partial charge in [-0.05, 0) is 24.6 Å². The number of hydrogen-bond donors (Lipinski definition) is 1. The predicted molar refractivity (Wildman–Crippen MR) is 77.6 cm³/mol. The van der Waals surface area contributed by atoms with E-state index >= 15 is 0 Å². The highest BCUT2D eigenvalue weighted by Gasteiger charge is 2.18. The molecule has 1 amide bonds. The van der Waals surface area contributed by atoms with E-state index < -0.39 is 0 Å². The average Bonchev–Trinajstić information content (AvgIpc) is 2.40. The number of nitrogen functional groups attached to an aromatic ring is 1. The van der Waals surface area contributed by atoms with Crippen molar-refractivity contribution in [3.05, 3.63) is 52.7 Å². The number of benzene rings is 1. The molecule has 1 aromatic carbocycles. The van der Waals surface area contributed by atoms with Crippen LogP contribution in [0.4, 0.5) is 11.5 Å².